The molecule has 1 aliphatic rings. The smallest absolute Gasteiger partial charge is 0.330 e. The highest BCUT2D eigenvalue weighted by atomic mass is 16.5. The molecule has 1 amide bonds. The normalized spacial score (nSPS) is 16.0. The van der Waals surface area contributed by atoms with Crippen molar-refractivity contribution >= 4 is 17.6 Å². The third-order valence-electron chi connectivity index (χ3n) is 4.63. The highest BCUT2D eigenvalue weighted by Gasteiger charge is 2.31. The monoisotopic (exact) mass is 379 g/mol. The second-order valence-electron chi connectivity index (χ2n) is 6.90. The Morgan fingerprint density at radius 1 is 1.14 bits per heavy atom. The number of hydrogen-bond acceptors (Lipinski definition) is 4. The van der Waals surface area contributed by atoms with Crippen molar-refractivity contribution in [2.45, 2.75) is 32.8 Å². The number of esters is 1. The van der Waals surface area contributed by atoms with Gasteiger partial charge in [0.25, 0.3) is 5.91 Å². The van der Waals surface area contributed by atoms with E-state index >= 15 is 0 Å². The lowest BCUT2D eigenvalue weighted by Gasteiger charge is -2.36. The fourth-order valence-corrected chi connectivity index (χ4v) is 3.25. The fourth-order valence-electron chi connectivity index (χ4n) is 3.25. The molecule has 0 N–H and O–H groups in total. The van der Waals surface area contributed by atoms with Crippen LogP contribution >= 0.6 is 0 Å². The first-order valence-electron chi connectivity index (χ1n) is 9.52. The van der Waals surface area contributed by atoms with Gasteiger partial charge < -0.3 is 14.4 Å². The Labute approximate surface area is 165 Å². The van der Waals surface area contributed by atoms with E-state index in [2.05, 4.69) is 13.8 Å². The highest BCUT2D eigenvalue weighted by molar-refractivity contribution is 6.05. The van der Waals surface area contributed by atoms with E-state index in [0.29, 0.717) is 6.54 Å². The van der Waals surface area contributed by atoms with Crippen LogP contribution in [0.3, 0.4) is 0 Å². The molecule has 0 saturated heterocycles. The number of carbonyl (C=O) groups excluding carboxylic acids is 2. The SMILES string of the molecule is CCOC(=O)/C=C/C(=O)N1CC(c2ccccc2)Oc2c(C(C)C)cccc21. The van der Waals surface area contributed by atoms with E-state index < -0.39 is 5.97 Å². The van der Waals surface area contributed by atoms with Gasteiger partial charge >= 0.3 is 5.97 Å². The maximum Gasteiger partial charge on any atom is 0.330 e. The molecule has 0 saturated carbocycles. The molecule has 146 valence electrons. The third kappa shape index (κ3) is 4.25. The van der Waals surface area contributed by atoms with E-state index in [4.69, 9.17) is 9.47 Å². The van der Waals surface area contributed by atoms with Crippen LogP contribution in [-0.4, -0.2) is 25.0 Å². The largest absolute Gasteiger partial charge is 0.481 e. The molecule has 2 aromatic carbocycles. The molecular formula is C23H25NO4. The molecule has 1 heterocycles. The van der Waals surface area contributed by atoms with Gasteiger partial charge in [-0.3, -0.25) is 4.79 Å². The zero-order valence-corrected chi connectivity index (χ0v) is 16.4. The van der Waals surface area contributed by atoms with Crippen LogP contribution in [0.2, 0.25) is 0 Å². The van der Waals surface area contributed by atoms with Gasteiger partial charge in [-0.1, -0.05) is 56.3 Å². The molecule has 0 aromatic heterocycles. The summed E-state index contributed by atoms with van der Waals surface area (Å²) in [6.45, 7) is 6.55. The summed E-state index contributed by atoms with van der Waals surface area (Å²) < 4.78 is 11.2. The van der Waals surface area contributed by atoms with E-state index in [0.717, 1.165) is 22.6 Å². The number of hydrogen-bond donors (Lipinski definition) is 0. The van der Waals surface area contributed by atoms with Crippen molar-refractivity contribution in [2.75, 3.05) is 18.1 Å². The van der Waals surface area contributed by atoms with Gasteiger partial charge in [0.15, 0.2) is 0 Å². The summed E-state index contributed by atoms with van der Waals surface area (Å²) in [4.78, 5) is 26.2. The number of benzene rings is 2. The topological polar surface area (TPSA) is 55.8 Å². The first-order valence-corrected chi connectivity index (χ1v) is 9.52. The maximum absolute atomic E-state index is 12.9. The minimum absolute atomic E-state index is 0.247. The van der Waals surface area contributed by atoms with Crippen molar-refractivity contribution < 1.29 is 19.1 Å². The minimum Gasteiger partial charge on any atom is -0.481 e. The molecule has 0 spiro atoms. The molecule has 3 rings (SSSR count). The van der Waals surface area contributed by atoms with Gasteiger partial charge in [0, 0.05) is 12.2 Å². The Balaban J connectivity index is 1.98. The van der Waals surface area contributed by atoms with Crippen LogP contribution < -0.4 is 9.64 Å². The molecule has 0 bridgehead atoms. The zero-order valence-electron chi connectivity index (χ0n) is 16.4. The van der Waals surface area contributed by atoms with E-state index in [1.165, 1.54) is 12.2 Å². The predicted molar refractivity (Wildman–Crippen MR) is 108 cm³/mol. The average molecular weight is 379 g/mol. The van der Waals surface area contributed by atoms with Crippen molar-refractivity contribution in [3.63, 3.8) is 0 Å². The van der Waals surface area contributed by atoms with Crippen LogP contribution in [0.5, 0.6) is 5.75 Å². The Hall–Kier alpha value is -3.08. The van der Waals surface area contributed by atoms with Gasteiger partial charge in [-0.25, -0.2) is 4.79 Å². The van der Waals surface area contributed by atoms with Crippen LogP contribution in [0.15, 0.2) is 60.7 Å². The van der Waals surface area contributed by atoms with E-state index in [9.17, 15) is 9.59 Å². The van der Waals surface area contributed by atoms with Crippen LogP contribution in [0.1, 0.15) is 43.9 Å². The number of amides is 1. The molecule has 28 heavy (non-hydrogen) atoms. The average Bonchev–Trinajstić information content (AvgIpc) is 2.71. The zero-order chi connectivity index (χ0) is 20.1. The van der Waals surface area contributed by atoms with Gasteiger partial charge in [-0.05, 0) is 30.0 Å². The summed E-state index contributed by atoms with van der Waals surface area (Å²) in [6.07, 6.45) is 2.15. The summed E-state index contributed by atoms with van der Waals surface area (Å²) in [5.74, 6) is 0.159. The summed E-state index contributed by atoms with van der Waals surface area (Å²) in [5, 5.41) is 0. The molecule has 1 unspecified atom stereocenters. The van der Waals surface area contributed by atoms with Gasteiger partial charge in [0.2, 0.25) is 0 Å². The Bertz CT molecular complexity index is 873. The van der Waals surface area contributed by atoms with E-state index in [1.807, 2.05) is 48.5 Å². The van der Waals surface area contributed by atoms with E-state index in [-0.39, 0.29) is 24.5 Å². The number of rotatable bonds is 5. The Kier molecular flexibility index (Phi) is 6.14. The fraction of sp³-hybridized carbons (Fsp3) is 0.304. The number of carbonyl (C=O) groups is 2. The van der Waals surface area contributed by atoms with Gasteiger partial charge in [0.05, 0.1) is 18.8 Å². The summed E-state index contributed by atoms with van der Waals surface area (Å²) >= 11 is 0. The molecule has 1 aliphatic heterocycles. The second-order valence-corrected chi connectivity index (χ2v) is 6.90. The van der Waals surface area contributed by atoms with Crippen molar-refractivity contribution in [1.82, 2.24) is 0 Å². The predicted octanol–water partition coefficient (Wildman–Crippen LogP) is 4.40. The van der Waals surface area contributed by atoms with E-state index in [1.54, 1.807) is 11.8 Å². The lowest BCUT2D eigenvalue weighted by atomic mass is 9.98. The molecule has 5 heteroatoms. The number of nitrogens with zero attached hydrogens (tertiary/aromatic N) is 1. The van der Waals surface area contributed by atoms with Crippen LogP contribution in [-0.2, 0) is 14.3 Å². The maximum atomic E-state index is 12.9. The van der Waals surface area contributed by atoms with Crippen molar-refractivity contribution in [3.8, 4) is 5.75 Å². The summed E-state index contributed by atoms with van der Waals surface area (Å²) in [7, 11) is 0. The number of fused-ring (bicyclic) bond motifs is 1. The molecule has 0 radical (unpaired) electrons. The van der Waals surface area contributed by atoms with Gasteiger partial charge in [-0.2, -0.15) is 0 Å². The molecule has 1 atom stereocenters. The third-order valence-corrected chi connectivity index (χ3v) is 4.63. The quantitative estimate of drug-likeness (QED) is 0.571. The van der Waals surface area contributed by atoms with Gasteiger partial charge in [-0.15, -0.1) is 0 Å². The van der Waals surface area contributed by atoms with Crippen LogP contribution in [0.4, 0.5) is 5.69 Å². The van der Waals surface area contributed by atoms with Crippen LogP contribution in [0.25, 0.3) is 0 Å². The molecule has 5 nitrogen and oxygen atoms in total. The number of ether oxygens (including phenoxy) is 2. The highest BCUT2D eigenvalue weighted by Crippen LogP contribution is 2.43. The lowest BCUT2D eigenvalue weighted by Crippen LogP contribution is -2.39. The molecule has 0 fully saturated rings. The Morgan fingerprint density at radius 2 is 1.89 bits per heavy atom. The first-order chi connectivity index (χ1) is 13.5. The minimum atomic E-state index is -0.528. The molecule has 0 aliphatic carbocycles. The number of para-hydroxylation sites is 1. The van der Waals surface area contributed by atoms with Crippen molar-refractivity contribution in [1.29, 1.82) is 0 Å². The first kappa shape index (κ1) is 19.7. The summed E-state index contributed by atoms with van der Waals surface area (Å²) in [6, 6.07) is 15.7. The van der Waals surface area contributed by atoms with Crippen molar-refractivity contribution in [2.24, 2.45) is 0 Å². The van der Waals surface area contributed by atoms with Crippen molar-refractivity contribution in [3.05, 3.63) is 71.8 Å². The molecular weight excluding hydrogens is 354 g/mol. The molecule has 2 aromatic rings. The van der Waals surface area contributed by atoms with Gasteiger partial charge in [0.1, 0.15) is 11.9 Å². The van der Waals surface area contributed by atoms with Crippen LogP contribution in [0, 0.1) is 0 Å². The standard InChI is InChI=1S/C23H25NO4/c1-4-27-22(26)14-13-21(25)24-15-20(17-9-6-5-7-10-17)28-23-18(16(2)3)11-8-12-19(23)24/h5-14,16,20H,4,15H2,1-3H3/b14-13+. The lowest BCUT2D eigenvalue weighted by molar-refractivity contribution is -0.137. The number of anilines is 1. The second kappa shape index (κ2) is 8.74. The summed E-state index contributed by atoms with van der Waals surface area (Å²) in [5.41, 5.74) is 2.76. The Morgan fingerprint density at radius 3 is 2.57 bits per heavy atom.